The van der Waals surface area contributed by atoms with Gasteiger partial charge in [-0.15, -0.1) is 0 Å². The van der Waals surface area contributed by atoms with Gasteiger partial charge in [0.25, 0.3) is 0 Å². The van der Waals surface area contributed by atoms with Crippen LogP contribution >= 0.6 is 0 Å². The molecule has 0 bridgehead atoms. The molecule has 1 atom stereocenters. The van der Waals surface area contributed by atoms with Gasteiger partial charge in [-0.25, -0.2) is 0 Å². The molecule has 0 aliphatic heterocycles. The lowest BCUT2D eigenvalue weighted by molar-refractivity contribution is 0.315. The van der Waals surface area contributed by atoms with Gasteiger partial charge in [0.15, 0.2) is 5.82 Å². The van der Waals surface area contributed by atoms with Crippen molar-refractivity contribution < 1.29 is 9.73 Å². The molecule has 100 valence electrons. The van der Waals surface area contributed by atoms with Crippen molar-refractivity contribution in [2.45, 2.75) is 19.0 Å². The molecule has 4 N–H and O–H groups in total. The van der Waals surface area contributed by atoms with Crippen molar-refractivity contribution in [3.05, 3.63) is 48.1 Å². The number of nitrogens with two attached hydrogens (primary N) is 1. The van der Waals surface area contributed by atoms with Crippen LogP contribution in [0.4, 0.5) is 0 Å². The number of nitrogens with one attached hydrogen (secondary N) is 1. The molecular weight excluding hydrogens is 246 g/mol. The molecule has 2 aromatic rings. The van der Waals surface area contributed by atoms with Crippen molar-refractivity contribution in [1.29, 1.82) is 0 Å². The molecule has 0 fully saturated rings. The number of nitrogens with zero attached hydrogens (tertiary/aromatic N) is 3. The quantitative estimate of drug-likeness (QED) is 0.310. The van der Waals surface area contributed by atoms with Crippen LogP contribution in [0.15, 0.2) is 46.4 Å². The second-order valence-corrected chi connectivity index (χ2v) is 3.99. The molecule has 0 aliphatic rings. The summed E-state index contributed by atoms with van der Waals surface area (Å²) in [6.45, 7) is 0.439. The number of oxime groups is 1. The summed E-state index contributed by atoms with van der Waals surface area (Å²) in [4.78, 5) is 3.93. The Kier molecular flexibility index (Phi) is 4.46. The highest BCUT2D eigenvalue weighted by Gasteiger charge is 2.14. The summed E-state index contributed by atoms with van der Waals surface area (Å²) in [7, 11) is 0. The van der Waals surface area contributed by atoms with Crippen LogP contribution in [0.1, 0.15) is 23.9 Å². The molecule has 1 aromatic heterocycles. The van der Waals surface area contributed by atoms with E-state index < -0.39 is 0 Å². The molecule has 19 heavy (non-hydrogen) atoms. The van der Waals surface area contributed by atoms with Crippen LogP contribution in [0.5, 0.6) is 0 Å². The van der Waals surface area contributed by atoms with Crippen molar-refractivity contribution in [3.8, 4) is 0 Å². The molecule has 7 nitrogen and oxygen atoms in total. The summed E-state index contributed by atoms with van der Waals surface area (Å²) < 4.78 is 4.67. The summed E-state index contributed by atoms with van der Waals surface area (Å²) >= 11 is 0. The third-order valence-electron chi connectivity index (χ3n) is 2.66. The van der Waals surface area contributed by atoms with Gasteiger partial charge >= 0.3 is 0 Å². The zero-order valence-electron chi connectivity index (χ0n) is 10.2. The van der Waals surface area contributed by atoms with Crippen LogP contribution in [0.2, 0.25) is 0 Å². The maximum Gasteiger partial charge on any atom is 0.213 e. The zero-order valence-corrected chi connectivity index (χ0v) is 10.2. The number of amidine groups is 1. The topological polar surface area (TPSA) is 110 Å². The van der Waals surface area contributed by atoms with Crippen LogP contribution < -0.4 is 11.1 Å². The molecule has 1 aromatic carbocycles. The molecular formula is C12H15N5O2. The number of benzene rings is 1. The summed E-state index contributed by atoms with van der Waals surface area (Å²) in [6, 6.07) is 9.66. The molecule has 0 amide bonds. The lowest BCUT2D eigenvalue weighted by atomic mass is 10.0. The Bertz CT molecular complexity index is 512. The predicted octanol–water partition coefficient (Wildman–Crippen LogP) is 1.04. The Labute approximate surface area is 110 Å². The van der Waals surface area contributed by atoms with E-state index in [0.29, 0.717) is 18.8 Å². The second kappa shape index (κ2) is 6.50. The van der Waals surface area contributed by atoms with Gasteiger partial charge in [0.1, 0.15) is 5.84 Å². The summed E-state index contributed by atoms with van der Waals surface area (Å²) in [5, 5.41) is 18.7. The summed E-state index contributed by atoms with van der Waals surface area (Å²) in [5.74, 6) is 0.718. The first-order valence-electron chi connectivity index (χ1n) is 5.79. The number of aromatic nitrogens is 2. The number of hydrogen-bond donors (Lipinski definition) is 3. The minimum atomic E-state index is -0.0874. The highest BCUT2D eigenvalue weighted by molar-refractivity contribution is 5.80. The largest absolute Gasteiger partial charge is 0.409 e. The van der Waals surface area contributed by atoms with Gasteiger partial charge in [0.2, 0.25) is 6.39 Å². The first-order chi connectivity index (χ1) is 9.29. The van der Waals surface area contributed by atoms with Crippen molar-refractivity contribution in [2.75, 3.05) is 0 Å². The fourth-order valence-corrected chi connectivity index (χ4v) is 1.73. The maximum atomic E-state index is 8.68. The normalized spacial score (nSPS) is 13.4. The SMILES string of the molecule is N/C(CC(NCc1ncon1)c1ccccc1)=N/O. The van der Waals surface area contributed by atoms with Gasteiger partial charge in [0, 0.05) is 12.5 Å². The van der Waals surface area contributed by atoms with Gasteiger partial charge in [-0.05, 0) is 5.56 Å². The van der Waals surface area contributed by atoms with E-state index in [2.05, 4.69) is 25.1 Å². The Morgan fingerprint density at radius 2 is 2.21 bits per heavy atom. The lowest BCUT2D eigenvalue weighted by Gasteiger charge is -2.17. The Hall–Kier alpha value is -2.41. The molecule has 7 heteroatoms. The second-order valence-electron chi connectivity index (χ2n) is 3.99. The Morgan fingerprint density at radius 3 is 2.84 bits per heavy atom. The van der Waals surface area contributed by atoms with Gasteiger partial charge in [-0.1, -0.05) is 40.6 Å². The highest BCUT2D eigenvalue weighted by atomic mass is 16.5. The Balaban J connectivity index is 2.06. The van der Waals surface area contributed by atoms with E-state index in [4.69, 9.17) is 10.9 Å². The van der Waals surface area contributed by atoms with E-state index in [9.17, 15) is 0 Å². The summed E-state index contributed by atoms with van der Waals surface area (Å²) in [5.41, 5.74) is 6.61. The van der Waals surface area contributed by atoms with Crippen LogP contribution in [-0.2, 0) is 6.54 Å². The van der Waals surface area contributed by atoms with E-state index in [1.54, 1.807) is 0 Å². The molecule has 0 saturated carbocycles. The predicted molar refractivity (Wildman–Crippen MR) is 68.3 cm³/mol. The van der Waals surface area contributed by atoms with Gasteiger partial charge in [-0.3, -0.25) is 0 Å². The fourth-order valence-electron chi connectivity index (χ4n) is 1.73. The van der Waals surface area contributed by atoms with Gasteiger partial charge in [-0.2, -0.15) is 4.98 Å². The lowest BCUT2D eigenvalue weighted by Crippen LogP contribution is -2.27. The van der Waals surface area contributed by atoms with Crippen molar-refractivity contribution in [3.63, 3.8) is 0 Å². The molecule has 0 spiro atoms. The van der Waals surface area contributed by atoms with Crippen molar-refractivity contribution in [2.24, 2.45) is 10.9 Å². The molecule has 1 heterocycles. The van der Waals surface area contributed by atoms with E-state index >= 15 is 0 Å². The van der Waals surface area contributed by atoms with E-state index in [0.717, 1.165) is 5.56 Å². The molecule has 1 unspecified atom stereocenters. The van der Waals surface area contributed by atoms with E-state index in [1.165, 1.54) is 6.39 Å². The maximum absolute atomic E-state index is 8.68. The minimum Gasteiger partial charge on any atom is -0.409 e. The average Bonchev–Trinajstić information content (AvgIpc) is 2.97. The fraction of sp³-hybridized carbons (Fsp3) is 0.250. The Morgan fingerprint density at radius 1 is 1.42 bits per heavy atom. The van der Waals surface area contributed by atoms with Crippen molar-refractivity contribution >= 4 is 5.84 Å². The smallest absolute Gasteiger partial charge is 0.213 e. The third kappa shape index (κ3) is 3.78. The van der Waals surface area contributed by atoms with Crippen LogP contribution in [0, 0.1) is 0 Å². The van der Waals surface area contributed by atoms with Gasteiger partial charge in [0.05, 0.1) is 6.54 Å². The number of hydrogen-bond acceptors (Lipinski definition) is 6. The molecule has 0 saturated heterocycles. The minimum absolute atomic E-state index is 0.0874. The standard InChI is InChI=1S/C12H15N5O2/c13-11(16-18)6-10(9-4-2-1-3-5-9)14-7-12-15-8-19-17-12/h1-5,8,10,14,18H,6-7H2,(H2,13,16). The molecule has 0 aliphatic carbocycles. The van der Waals surface area contributed by atoms with Crippen LogP contribution in [-0.4, -0.2) is 21.2 Å². The number of rotatable bonds is 6. The average molecular weight is 261 g/mol. The van der Waals surface area contributed by atoms with Crippen molar-refractivity contribution in [1.82, 2.24) is 15.5 Å². The zero-order chi connectivity index (χ0) is 13.5. The van der Waals surface area contributed by atoms with Crippen LogP contribution in [0.25, 0.3) is 0 Å². The molecule has 0 radical (unpaired) electrons. The highest BCUT2D eigenvalue weighted by Crippen LogP contribution is 2.16. The first-order valence-corrected chi connectivity index (χ1v) is 5.79. The third-order valence-corrected chi connectivity index (χ3v) is 2.66. The molecule has 2 rings (SSSR count). The van der Waals surface area contributed by atoms with Crippen LogP contribution in [0.3, 0.4) is 0 Å². The monoisotopic (exact) mass is 261 g/mol. The van der Waals surface area contributed by atoms with Gasteiger partial charge < -0.3 is 20.8 Å². The first kappa shape index (κ1) is 13.0. The van der Waals surface area contributed by atoms with E-state index in [-0.39, 0.29) is 11.9 Å². The summed E-state index contributed by atoms with van der Waals surface area (Å²) in [6.07, 6.45) is 1.66. The van der Waals surface area contributed by atoms with E-state index in [1.807, 2.05) is 30.3 Å².